The summed E-state index contributed by atoms with van der Waals surface area (Å²) in [5.41, 5.74) is -0.819. The van der Waals surface area contributed by atoms with Gasteiger partial charge in [-0.1, -0.05) is 0 Å². The fourth-order valence-corrected chi connectivity index (χ4v) is 2.61. The molecule has 1 fully saturated rings. The van der Waals surface area contributed by atoms with Crippen molar-refractivity contribution in [2.45, 2.75) is 33.2 Å². The van der Waals surface area contributed by atoms with Gasteiger partial charge in [-0.25, -0.2) is 4.79 Å². The molecular weight excluding hydrogens is 272 g/mol. The van der Waals surface area contributed by atoms with Crippen LogP contribution < -0.4 is 5.32 Å². The second kappa shape index (κ2) is 6.20. The Labute approximate surface area is 124 Å². The van der Waals surface area contributed by atoms with Crippen LogP contribution in [-0.2, 0) is 11.3 Å². The molecule has 0 saturated carbocycles. The third-order valence-electron chi connectivity index (χ3n) is 4.27. The lowest BCUT2D eigenvalue weighted by molar-refractivity contribution is -0.151. The molecule has 6 heteroatoms. The Morgan fingerprint density at radius 2 is 2.29 bits per heavy atom. The first kappa shape index (κ1) is 15.4. The van der Waals surface area contributed by atoms with Crippen molar-refractivity contribution in [1.82, 2.24) is 10.2 Å². The highest BCUT2D eigenvalue weighted by molar-refractivity contribution is 5.76. The van der Waals surface area contributed by atoms with Crippen LogP contribution in [0.5, 0.6) is 0 Å². The molecule has 2 N–H and O–H groups in total. The van der Waals surface area contributed by atoms with E-state index >= 15 is 0 Å². The zero-order chi connectivity index (χ0) is 15.5. The summed E-state index contributed by atoms with van der Waals surface area (Å²) in [7, 11) is 0. The van der Waals surface area contributed by atoms with Gasteiger partial charge in [-0.2, -0.15) is 0 Å². The number of piperidine rings is 1. The lowest BCUT2D eigenvalue weighted by Crippen LogP contribution is -2.49. The number of amides is 2. The van der Waals surface area contributed by atoms with E-state index in [-0.39, 0.29) is 11.9 Å². The number of rotatable bonds is 4. The Bertz CT molecular complexity index is 496. The van der Waals surface area contributed by atoms with Crippen molar-refractivity contribution < 1.29 is 19.1 Å². The molecule has 0 aromatic carbocycles. The Morgan fingerprint density at radius 1 is 1.52 bits per heavy atom. The fourth-order valence-electron chi connectivity index (χ4n) is 2.61. The molecule has 6 nitrogen and oxygen atoms in total. The third-order valence-corrected chi connectivity index (χ3v) is 4.27. The van der Waals surface area contributed by atoms with Crippen LogP contribution in [0.25, 0.3) is 0 Å². The van der Waals surface area contributed by atoms with Gasteiger partial charge in [0, 0.05) is 13.1 Å². The Hall–Kier alpha value is -1.98. The fraction of sp³-hybridized carbons (Fsp3) is 0.600. The molecule has 2 heterocycles. The summed E-state index contributed by atoms with van der Waals surface area (Å²) in [5, 5.41) is 12.1. The van der Waals surface area contributed by atoms with Crippen LogP contribution in [0.4, 0.5) is 4.79 Å². The summed E-state index contributed by atoms with van der Waals surface area (Å²) in [5.74, 6) is -0.147. The van der Waals surface area contributed by atoms with Gasteiger partial charge in [0.15, 0.2) is 0 Å². The highest BCUT2D eigenvalue weighted by Gasteiger charge is 2.39. The predicted octanol–water partition coefficient (Wildman–Crippen LogP) is 2.31. The number of carbonyl (C=O) groups is 2. The predicted molar refractivity (Wildman–Crippen MR) is 76.7 cm³/mol. The van der Waals surface area contributed by atoms with Gasteiger partial charge in [-0.15, -0.1) is 0 Å². The maximum atomic E-state index is 12.2. The van der Waals surface area contributed by atoms with Crippen molar-refractivity contribution in [3.8, 4) is 0 Å². The number of carbonyl (C=O) groups excluding carboxylic acids is 1. The molecule has 0 spiro atoms. The van der Waals surface area contributed by atoms with E-state index in [0.29, 0.717) is 25.4 Å². The van der Waals surface area contributed by atoms with E-state index in [0.717, 1.165) is 12.8 Å². The maximum absolute atomic E-state index is 12.2. The van der Waals surface area contributed by atoms with Gasteiger partial charge >= 0.3 is 12.0 Å². The molecule has 0 radical (unpaired) electrons. The molecule has 1 unspecified atom stereocenters. The standard InChI is InChI=1S/C15H22N2O4/c1-15(2,13(18)19)11-5-3-7-17(10-11)14(20)16-9-12-6-4-8-21-12/h4,6,8,11H,3,5,7,9-10H2,1-2H3,(H,16,20)(H,18,19). The SMILES string of the molecule is CC(C)(C(=O)O)C1CCCN(C(=O)NCc2ccco2)C1. The third kappa shape index (κ3) is 3.56. The smallest absolute Gasteiger partial charge is 0.317 e. The largest absolute Gasteiger partial charge is 0.481 e. The molecule has 1 aromatic heterocycles. The van der Waals surface area contributed by atoms with Crippen LogP contribution in [-0.4, -0.2) is 35.1 Å². The van der Waals surface area contributed by atoms with Gasteiger partial charge < -0.3 is 19.7 Å². The molecule has 1 aromatic rings. The molecule has 2 rings (SSSR count). The van der Waals surface area contributed by atoms with Gasteiger partial charge in [0.2, 0.25) is 0 Å². The number of nitrogens with zero attached hydrogens (tertiary/aromatic N) is 1. The number of nitrogens with one attached hydrogen (secondary N) is 1. The van der Waals surface area contributed by atoms with Gasteiger partial charge in [0.1, 0.15) is 5.76 Å². The van der Waals surface area contributed by atoms with Crippen LogP contribution in [0.3, 0.4) is 0 Å². The molecule has 2 amide bonds. The number of furan rings is 1. The second-order valence-corrected chi connectivity index (χ2v) is 6.05. The van der Waals surface area contributed by atoms with E-state index in [4.69, 9.17) is 4.42 Å². The summed E-state index contributed by atoms with van der Waals surface area (Å²) < 4.78 is 5.17. The number of carboxylic acid groups (broad SMARTS) is 1. The minimum absolute atomic E-state index is 0.0295. The van der Waals surface area contributed by atoms with Crippen LogP contribution in [0.15, 0.2) is 22.8 Å². The van der Waals surface area contributed by atoms with Crippen molar-refractivity contribution in [3.05, 3.63) is 24.2 Å². The number of aliphatic carboxylic acids is 1. The normalized spacial score (nSPS) is 19.3. The average molecular weight is 294 g/mol. The molecule has 0 aliphatic carbocycles. The first-order valence-electron chi connectivity index (χ1n) is 7.20. The highest BCUT2D eigenvalue weighted by atomic mass is 16.4. The van der Waals surface area contributed by atoms with E-state index in [1.54, 1.807) is 37.1 Å². The first-order chi connectivity index (χ1) is 9.91. The Balaban J connectivity index is 1.91. The molecule has 21 heavy (non-hydrogen) atoms. The second-order valence-electron chi connectivity index (χ2n) is 6.05. The maximum Gasteiger partial charge on any atom is 0.317 e. The van der Waals surface area contributed by atoms with Crippen molar-refractivity contribution in [2.24, 2.45) is 11.3 Å². The number of carboxylic acids is 1. The topological polar surface area (TPSA) is 82.8 Å². The summed E-state index contributed by atoms with van der Waals surface area (Å²) in [4.78, 5) is 25.2. The quantitative estimate of drug-likeness (QED) is 0.892. The number of likely N-dealkylation sites (tertiary alicyclic amines) is 1. The summed E-state index contributed by atoms with van der Waals surface area (Å²) in [6.07, 6.45) is 3.23. The molecule has 1 aliphatic heterocycles. The van der Waals surface area contributed by atoms with Gasteiger partial charge in [0.05, 0.1) is 18.2 Å². The van der Waals surface area contributed by atoms with Crippen LogP contribution >= 0.6 is 0 Å². The van der Waals surface area contributed by atoms with Crippen molar-refractivity contribution in [3.63, 3.8) is 0 Å². The summed E-state index contributed by atoms with van der Waals surface area (Å²) in [6, 6.07) is 3.40. The van der Waals surface area contributed by atoms with Gasteiger partial charge in [0.25, 0.3) is 0 Å². The molecular formula is C15H22N2O4. The van der Waals surface area contributed by atoms with E-state index in [9.17, 15) is 14.7 Å². The Morgan fingerprint density at radius 3 is 2.90 bits per heavy atom. The summed E-state index contributed by atoms with van der Waals surface area (Å²) >= 11 is 0. The number of hydrogen-bond donors (Lipinski definition) is 2. The van der Waals surface area contributed by atoms with E-state index in [2.05, 4.69) is 5.32 Å². The van der Waals surface area contributed by atoms with Gasteiger partial charge in [-0.05, 0) is 44.7 Å². The molecule has 0 bridgehead atoms. The van der Waals surface area contributed by atoms with Crippen molar-refractivity contribution in [2.75, 3.05) is 13.1 Å². The highest BCUT2D eigenvalue weighted by Crippen LogP contribution is 2.34. The lowest BCUT2D eigenvalue weighted by Gasteiger charge is -2.39. The Kier molecular flexibility index (Phi) is 4.55. The minimum atomic E-state index is -0.819. The van der Waals surface area contributed by atoms with Crippen LogP contribution in [0, 0.1) is 11.3 Å². The number of hydrogen-bond acceptors (Lipinski definition) is 3. The van der Waals surface area contributed by atoms with E-state index in [1.165, 1.54) is 0 Å². The molecule has 116 valence electrons. The lowest BCUT2D eigenvalue weighted by atomic mass is 9.74. The van der Waals surface area contributed by atoms with Crippen LogP contribution in [0.2, 0.25) is 0 Å². The van der Waals surface area contributed by atoms with E-state index in [1.807, 2.05) is 0 Å². The van der Waals surface area contributed by atoms with Crippen LogP contribution in [0.1, 0.15) is 32.4 Å². The first-order valence-corrected chi connectivity index (χ1v) is 7.20. The zero-order valence-corrected chi connectivity index (χ0v) is 12.5. The monoisotopic (exact) mass is 294 g/mol. The van der Waals surface area contributed by atoms with Crippen molar-refractivity contribution in [1.29, 1.82) is 0 Å². The van der Waals surface area contributed by atoms with Gasteiger partial charge in [-0.3, -0.25) is 4.79 Å². The minimum Gasteiger partial charge on any atom is -0.481 e. The van der Waals surface area contributed by atoms with Crippen molar-refractivity contribution >= 4 is 12.0 Å². The average Bonchev–Trinajstić information content (AvgIpc) is 2.98. The summed E-state index contributed by atoms with van der Waals surface area (Å²) in [6.45, 7) is 4.93. The molecule has 1 aliphatic rings. The number of urea groups is 1. The molecule has 1 saturated heterocycles. The molecule has 1 atom stereocenters. The van der Waals surface area contributed by atoms with E-state index < -0.39 is 11.4 Å². The zero-order valence-electron chi connectivity index (χ0n) is 12.5.